The first-order valence-corrected chi connectivity index (χ1v) is 8.38. The van der Waals surface area contributed by atoms with Crippen LogP contribution >= 0.6 is 0 Å². The van der Waals surface area contributed by atoms with Gasteiger partial charge >= 0.3 is 0 Å². The molecule has 2 atom stereocenters. The van der Waals surface area contributed by atoms with Gasteiger partial charge in [0.05, 0.1) is 6.54 Å². The summed E-state index contributed by atoms with van der Waals surface area (Å²) in [6.45, 7) is 3.08. The summed E-state index contributed by atoms with van der Waals surface area (Å²) in [5.41, 5.74) is 0. The Morgan fingerprint density at radius 2 is 2.11 bits per heavy atom. The summed E-state index contributed by atoms with van der Waals surface area (Å²) < 4.78 is 17.1. The van der Waals surface area contributed by atoms with E-state index in [9.17, 15) is 4.21 Å². The number of hydrogen-bond acceptors (Lipinski definition) is 3. The maximum absolute atomic E-state index is 11.3. The smallest absolute Gasteiger partial charge is 0.117 e. The third-order valence-corrected chi connectivity index (χ3v) is 5.49. The van der Waals surface area contributed by atoms with Gasteiger partial charge < -0.3 is 9.73 Å². The van der Waals surface area contributed by atoms with Crippen molar-refractivity contribution in [3.05, 3.63) is 23.7 Å². The molecule has 0 aromatic carbocycles. The molecule has 18 heavy (non-hydrogen) atoms. The molecule has 1 saturated heterocycles. The van der Waals surface area contributed by atoms with Gasteiger partial charge in [-0.2, -0.15) is 0 Å². The minimum Gasteiger partial charge on any atom is -0.464 e. The third kappa shape index (κ3) is 2.86. The third-order valence-electron chi connectivity index (χ3n) is 4.11. The van der Waals surface area contributed by atoms with E-state index in [4.69, 9.17) is 4.42 Å². The van der Waals surface area contributed by atoms with Crippen LogP contribution in [0.2, 0.25) is 0 Å². The van der Waals surface area contributed by atoms with E-state index < -0.39 is 10.8 Å². The van der Waals surface area contributed by atoms with Crippen LogP contribution in [0.25, 0.3) is 0 Å². The maximum atomic E-state index is 11.3. The van der Waals surface area contributed by atoms with Crippen molar-refractivity contribution in [1.82, 2.24) is 5.32 Å². The minimum atomic E-state index is -0.570. The van der Waals surface area contributed by atoms with Crippen LogP contribution in [0.15, 0.2) is 16.5 Å². The molecule has 1 aliphatic heterocycles. The van der Waals surface area contributed by atoms with E-state index in [2.05, 4.69) is 24.4 Å². The quantitative estimate of drug-likeness (QED) is 0.911. The number of nitrogens with one attached hydrogen (secondary N) is 1. The maximum Gasteiger partial charge on any atom is 0.117 e. The van der Waals surface area contributed by atoms with Crippen molar-refractivity contribution in [2.75, 3.05) is 11.5 Å². The van der Waals surface area contributed by atoms with Crippen molar-refractivity contribution in [2.24, 2.45) is 5.92 Å². The fourth-order valence-corrected chi connectivity index (χ4v) is 3.95. The molecule has 1 aromatic rings. The van der Waals surface area contributed by atoms with E-state index in [1.54, 1.807) is 0 Å². The minimum absolute atomic E-state index is 0.510. The van der Waals surface area contributed by atoms with Crippen LogP contribution < -0.4 is 5.32 Å². The molecule has 2 unspecified atom stereocenters. The molecule has 2 fully saturated rings. The van der Waals surface area contributed by atoms with Gasteiger partial charge in [-0.1, -0.05) is 6.92 Å². The largest absolute Gasteiger partial charge is 0.464 e. The molecule has 1 saturated carbocycles. The van der Waals surface area contributed by atoms with E-state index in [1.165, 1.54) is 6.42 Å². The van der Waals surface area contributed by atoms with Gasteiger partial charge in [-0.3, -0.25) is 4.21 Å². The van der Waals surface area contributed by atoms with Crippen LogP contribution in [0.3, 0.4) is 0 Å². The fraction of sp³-hybridized carbons (Fsp3) is 0.714. The Balaban J connectivity index is 1.48. The monoisotopic (exact) mass is 267 g/mol. The zero-order chi connectivity index (χ0) is 12.5. The fourth-order valence-electron chi connectivity index (χ4n) is 2.65. The second-order valence-corrected chi connectivity index (χ2v) is 7.32. The van der Waals surface area contributed by atoms with Gasteiger partial charge in [-0.25, -0.2) is 0 Å². The van der Waals surface area contributed by atoms with Crippen molar-refractivity contribution in [3.63, 3.8) is 0 Å². The Kier molecular flexibility index (Phi) is 3.57. The van der Waals surface area contributed by atoms with Crippen molar-refractivity contribution in [1.29, 1.82) is 0 Å². The van der Waals surface area contributed by atoms with Gasteiger partial charge in [0, 0.05) is 34.3 Å². The van der Waals surface area contributed by atoms with Gasteiger partial charge in [0.2, 0.25) is 0 Å². The molecule has 0 amide bonds. The molecule has 2 heterocycles. The molecule has 1 aromatic heterocycles. The summed E-state index contributed by atoms with van der Waals surface area (Å²) in [5.74, 6) is 5.35. The van der Waals surface area contributed by atoms with E-state index in [-0.39, 0.29) is 0 Å². The van der Waals surface area contributed by atoms with Gasteiger partial charge in [0.1, 0.15) is 11.5 Å². The highest BCUT2D eigenvalue weighted by molar-refractivity contribution is 7.85. The molecule has 1 N–H and O–H groups in total. The molecule has 0 radical (unpaired) electrons. The molecule has 3 rings (SSSR count). The first kappa shape index (κ1) is 12.4. The number of hydrogen-bond donors (Lipinski definition) is 1. The average molecular weight is 267 g/mol. The van der Waals surface area contributed by atoms with Gasteiger partial charge in [0.15, 0.2) is 0 Å². The van der Waals surface area contributed by atoms with Gasteiger partial charge in [-0.15, -0.1) is 0 Å². The summed E-state index contributed by atoms with van der Waals surface area (Å²) in [5, 5.41) is 3.51. The van der Waals surface area contributed by atoms with E-state index >= 15 is 0 Å². The standard InChI is InChI=1S/C14H21NO2S/c1-10-8-13(10)14-3-2-12(17-14)9-15-11-4-6-18(16)7-5-11/h2-3,10-11,13,15H,4-9H2,1H3. The molecular weight excluding hydrogens is 246 g/mol. The summed E-state index contributed by atoms with van der Waals surface area (Å²) in [6, 6.07) is 4.73. The van der Waals surface area contributed by atoms with E-state index in [0.717, 1.165) is 48.3 Å². The zero-order valence-corrected chi connectivity index (χ0v) is 11.7. The summed E-state index contributed by atoms with van der Waals surface area (Å²) in [4.78, 5) is 0. The normalized spacial score (nSPS) is 35.6. The highest BCUT2D eigenvalue weighted by Gasteiger charge is 2.36. The Labute approximate surface area is 111 Å². The van der Waals surface area contributed by atoms with Crippen LogP contribution in [0.5, 0.6) is 0 Å². The lowest BCUT2D eigenvalue weighted by Gasteiger charge is -2.22. The Morgan fingerprint density at radius 3 is 2.78 bits per heavy atom. The Bertz CT molecular complexity index is 433. The van der Waals surface area contributed by atoms with E-state index in [1.807, 2.05) is 0 Å². The molecule has 0 spiro atoms. The predicted octanol–water partition coefficient (Wildman–Crippen LogP) is 2.40. The van der Waals surface area contributed by atoms with Crippen molar-refractivity contribution >= 4 is 10.8 Å². The van der Waals surface area contributed by atoms with Crippen LogP contribution in [0.4, 0.5) is 0 Å². The zero-order valence-electron chi connectivity index (χ0n) is 10.9. The molecule has 2 aliphatic rings. The van der Waals surface area contributed by atoms with Crippen molar-refractivity contribution < 1.29 is 8.63 Å². The Morgan fingerprint density at radius 1 is 1.39 bits per heavy atom. The van der Waals surface area contributed by atoms with Crippen LogP contribution in [-0.2, 0) is 17.3 Å². The number of furan rings is 1. The molecule has 4 heteroatoms. The van der Waals surface area contributed by atoms with Crippen LogP contribution in [0.1, 0.15) is 43.6 Å². The Hall–Kier alpha value is -0.610. The van der Waals surface area contributed by atoms with Crippen LogP contribution in [-0.4, -0.2) is 21.8 Å². The molecule has 3 nitrogen and oxygen atoms in total. The molecular formula is C14H21NO2S. The lowest BCUT2D eigenvalue weighted by atomic mass is 10.1. The lowest BCUT2D eigenvalue weighted by molar-refractivity contribution is 0.408. The van der Waals surface area contributed by atoms with Gasteiger partial charge in [0.25, 0.3) is 0 Å². The molecule has 0 bridgehead atoms. The topological polar surface area (TPSA) is 42.2 Å². The van der Waals surface area contributed by atoms with Gasteiger partial charge in [-0.05, 0) is 37.3 Å². The summed E-state index contributed by atoms with van der Waals surface area (Å²) in [7, 11) is -0.570. The van der Waals surface area contributed by atoms with Crippen LogP contribution in [0, 0.1) is 5.92 Å². The first-order valence-electron chi connectivity index (χ1n) is 6.89. The average Bonchev–Trinajstić information content (AvgIpc) is 2.92. The van der Waals surface area contributed by atoms with E-state index in [0.29, 0.717) is 12.0 Å². The second-order valence-electron chi connectivity index (χ2n) is 5.63. The molecule has 100 valence electrons. The molecule has 1 aliphatic carbocycles. The predicted molar refractivity (Wildman–Crippen MR) is 73.0 cm³/mol. The SMILES string of the molecule is CC1CC1c1ccc(CNC2CCS(=O)CC2)o1. The lowest BCUT2D eigenvalue weighted by Crippen LogP contribution is -2.35. The summed E-state index contributed by atoms with van der Waals surface area (Å²) >= 11 is 0. The highest BCUT2D eigenvalue weighted by atomic mass is 32.2. The number of rotatable bonds is 4. The first-order chi connectivity index (χ1) is 8.72. The van der Waals surface area contributed by atoms with Crippen molar-refractivity contribution in [3.8, 4) is 0 Å². The second kappa shape index (κ2) is 5.17. The summed E-state index contributed by atoms with van der Waals surface area (Å²) in [6.07, 6.45) is 3.33. The van der Waals surface area contributed by atoms with Crippen molar-refractivity contribution in [2.45, 2.75) is 44.7 Å². The highest BCUT2D eigenvalue weighted by Crippen LogP contribution is 2.47.